The van der Waals surface area contributed by atoms with Crippen molar-refractivity contribution < 1.29 is 9.47 Å². The third-order valence-electron chi connectivity index (χ3n) is 2.23. The van der Waals surface area contributed by atoms with Crippen LogP contribution in [0.1, 0.15) is 5.56 Å². The highest BCUT2D eigenvalue weighted by atomic mass is 79.9. The number of halogens is 1. The Balaban J connectivity index is 1.71. The van der Waals surface area contributed by atoms with Crippen LogP contribution in [0.5, 0.6) is 5.75 Å². The molecule has 17 heavy (non-hydrogen) atoms. The maximum Gasteiger partial charge on any atom is 0.189 e. The Labute approximate surface area is 109 Å². The predicted octanol–water partition coefficient (Wildman–Crippen LogP) is 4.00. The van der Waals surface area contributed by atoms with E-state index in [1.54, 1.807) is 0 Å². The summed E-state index contributed by atoms with van der Waals surface area (Å²) in [6.45, 7) is 0.827. The topological polar surface area (TPSA) is 18.5 Å². The average Bonchev–Trinajstić information content (AvgIpc) is 2.38. The average molecular weight is 293 g/mol. The van der Waals surface area contributed by atoms with Crippen LogP contribution < -0.4 is 4.74 Å². The molecule has 0 radical (unpaired) electrons. The molecule has 0 atom stereocenters. The quantitative estimate of drug-likeness (QED) is 0.612. The van der Waals surface area contributed by atoms with Gasteiger partial charge >= 0.3 is 0 Å². The molecule has 0 fully saturated rings. The Hall–Kier alpha value is -1.32. The number of hydrogen-bond acceptors (Lipinski definition) is 2. The first kappa shape index (κ1) is 12.1. The Kier molecular flexibility index (Phi) is 4.59. The molecular formula is C14H13BrO2. The second kappa shape index (κ2) is 6.42. The highest BCUT2D eigenvalue weighted by molar-refractivity contribution is 9.10. The molecule has 0 unspecified atom stereocenters. The lowest BCUT2D eigenvalue weighted by Crippen LogP contribution is -2.02. The molecule has 0 amide bonds. The van der Waals surface area contributed by atoms with Crippen molar-refractivity contribution in [1.82, 2.24) is 0 Å². The van der Waals surface area contributed by atoms with Gasteiger partial charge in [0, 0.05) is 4.47 Å². The van der Waals surface area contributed by atoms with E-state index in [9.17, 15) is 0 Å². The normalized spacial score (nSPS) is 10.2. The molecule has 0 aliphatic heterocycles. The number of benzene rings is 2. The molecule has 0 N–H and O–H groups in total. The summed E-state index contributed by atoms with van der Waals surface area (Å²) in [4.78, 5) is 0. The molecule has 0 saturated heterocycles. The van der Waals surface area contributed by atoms with Crippen LogP contribution in [0.25, 0.3) is 0 Å². The second-order valence-corrected chi connectivity index (χ2v) is 4.47. The number of ether oxygens (including phenoxy) is 2. The molecule has 0 aliphatic rings. The van der Waals surface area contributed by atoms with Gasteiger partial charge in [-0.25, -0.2) is 0 Å². The molecule has 2 nitrogen and oxygen atoms in total. The van der Waals surface area contributed by atoms with Crippen molar-refractivity contribution in [3.05, 3.63) is 64.6 Å². The molecule has 0 spiro atoms. The lowest BCUT2D eigenvalue weighted by Gasteiger charge is -2.07. The van der Waals surface area contributed by atoms with Crippen molar-refractivity contribution in [2.75, 3.05) is 6.79 Å². The summed E-state index contributed by atoms with van der Waals surface area (Å²) in [7, 11) is 0. The minimum Gasteiger partial charge on any atom is -0.468 e. The minimum atomic E-state index is 0.260. The van der Waals surface area contributed by atoms with Gasteiger partial charge in [0.15, 0.2) is 6.79 Å². The number of rotatable bonds is 5. The van der Waals surface area contributed by atoms with Crippen molar-refractivity contribution in [3.8, 4) is 5.75 Å². The first-order chi connectivity index (χ1) is 8.34. The molecule has 2 rings (SSSR count). The van der Waals surface area contributed by atoms with Crippen LogP contribution in [-0.2, 0) is 11.3 Å². The molecule has 0 aliphatic carbocycles. The van der Waals surface area contributed by atoms with Crippen molar-refractivity contribution in [2.45, 2.75) is 6.61 Å². The molecule has 0 heterocycles. The van der Waals surface area contributed by atoms with E-state index in [0.717, 1.165) is 15.8 Å². The summed E-state index contributed by atoms with van der Waals surface area (Å²) in [6.07, 6.45) is 0. The van der Waals surface area contributed by atoms with Gasteiger partial charge in [-0.05, 0) is 29.8 Å². The molecule has 0 saturated carbocycles. The monoisotopic (exact) mass is 292 g/mol. The van der Waals surface area contributed by atoms with Gasteiger partial charge in [-0.2, -0.15) is 0 Å². The summed E-state index contributed by atoms with van der Waals surface area (Å²) in [6, 6.07) is 17.7. The summed E-state index contributed by atoms with van der Waals surface area (Å²) in [5, 5.41) is 0. The fourth-order valence-corrected chi connectivity index (χ4v) is 1.64. The Morgan fingerprint density at radius 2 is 1.59 bits per heavy atom. The summed E-state index contributed by atoms with van der Waals surface area (Å²) >= 11 is 3.37. The van der Waals surface area contributed by atoms with Gasteiger partial charge in [-0.15, -0.1) is 0 Å². The van der Waals surface area contributed by atoms with E-state index in [0.29, 0.717) is 6.61 Å². The zero-order valence-electron chi connectivity index (χ0n) is 9.30. The van der Waals surface area contributed by atoms with Gasteiger partial charge in [0.25, 0.3) is 0 Å². The van der Waals surface area contributed by atoms with E-state index >= 15 is 0 Å². The minimum absolute atomic E-state index is 0.260. The van der Waals surface area contributed by atoms with E-state index in [2.05, 4.69) is 15.9 Å². The van der Waals surface area contributed by atoms with Crippen LogP contribution in [0.15, 0.2) is 59.1 Å². The molecule has 0 bridgehead atoms. The third-order valence-corrected chi connectivity index (χ3v) is 2.76. The zero-order valence-corrected chi connectivity index (χ0v) is 10.9. The fourth-order valence-electron chi connectivity index (χ4n) is 1.37. The van der Waals surface area contributed by atoms with Gasteiger partial charge < -0.3 is 9.47 Å². The highest BCUT2D eigenvalue weighted by Gasteiger charge is 1.94. The molecule has 88 valence electrons. The van der Waals surface area contributed by atoms with Gasteiger partial charge in [-0.3, -0.25) is 0 Å². The summed E-state index contributed by atoms with van der Waals surface area (Å²) < 4.78 is 11.9. The molecule has 2 aromatic rings. The summed E-state index contributed by atoms with van der Waals surface area (Å²) in [5.74, 6) is 0.807. The first-order valence-corrected chi connectivity index (χ1v) is 6.14. The van der Waals surface area contributed by atoms with Crippen molar-refractivity contribution in [1.29, 1.82) is 0 Å². The van der Waals surface area contributed by atoms with Crippen LogP contribution >= 0.6 is 15.9 Å². The predicted molar refractivity (Wildman–Crippen MR) is 70.9 cm³/mol. The van der Waals surface area contributed by atoms with Gasteiger partial charge in [0.2, 0.25) is 0 Å². The Bertz CT molecular complexity index is 440. The maximum atomic E-state index is 5.44. The fraction of sp³-hybridized carbons (Fsp3) is 0.143. The van der Waals surface area contributed by atoms with Gasteiger partial charge in [0.05, 0.1) is 6.61 Å². The van der Waals surface area contributed by atoms with Crippen LogP contribution in [0.4, 0.5) is 0 Å². The van der Waals surface area contributed by atoms with Crippen molar-refractivity contribution >= 4 is 15.9 Å². The van der Waals surface area contributed by atoms with Gasteiger partial charge in [0.1, 0.15) is 5.75 Å². The Morgan fingerprint density at radius 3 is 2.29 bits per heavy atom. The second-order valence-electron chi connectivity index (χ2n) is 3.55. The smallest absolute Gasteiger partial charge is 0.189 e. The molecule has 2 aromatic carbocycles. The van der Waals surface area contributed by atoms with Crippen molar-refractivity contribution in [3.63, 3.8) is 0 Å². The van der Waals surface area contributed by atoms with Crippen LogP contribution in [0.2, 0.25) is 0 Å². The number of hydrogen-bond donors (Lipinski definition) is 0. The lowest BCUT2D eigenvalue weighted by atomic mass is 10.2. The van der Waals surface area contributed by atoms with E-state index in [1.165, 1.54) is 0 Å². The lowest BCUT2D eigenvalue weighted by molar-refractivity contribution is 0.00504. The first-order valence-electron chi connectivity index (χ1n) is 5.34. The Morgan fingerprint density at radius 1 is 0.882 bits per heavy atom. The van der Waals surface area contributed by atoms with Gasteiger partial charge in [-0.1, -0.05) is 46.3 Å². The molecule has 0 aromatic heterocycles. The standard InChI is InChI=1S/C14H13BrO2/c15-13-6-8-14(9-7-13)17-11-16-10-12-4-2-1-3-5-12/h1-9H,10-11H2. The van der Waals surface area contributed by atoms with E-state index < -0.39 is 0 Å². The van der Waals surface area contributed by atoms with Crippen LogP contribution in [0.3, 0.4) is 0 Å². The van der Waals surface area contributed by atoms with E-state index in [4.69, 9.17) is 9.47 Å². The zero-order chi connectivity index (χ0) is 11.9. The van der Waals surface area contributed by atoms with E-state index in [1.807, 2.05) is 54.6 Å². The third kappa shape index (κ3) is 4.21. The summed E-state index contributed by atoms with van der Waals surface area (Å²) in [5.41, 5.74) is 1.15. The maximum absolute atomic E-state index is 5.44. The highest BCUT2D eigenvalue weighted by Crippen LogP contribution is 2.16. The van der Waals surface area contributed by atoms with Crippen LogP contribution in [-0.4, -0.2) is 6.79 Å². The van der Waals surface area contributed by atoms with E-state index in [-0.39, 0.29) is 6.79 Å². The largest absolute Gasteiger partial charge is 0.468 e. The molecule has 3 heteroatoms. The van der Waals surface area contributed by atoms with Crippen molar-refractivity contribution in [2.24, 2.45) is 0 Å². The SMILES string of the molecule is Brc1ccc(OCOCc2ccccc2)cc1. The molecular weight excluding hydrogens is 280 g/mol. The van der Waals surface area contributed by atoms with Crippen LogP contribution in [0, 0.1) is 0 Å².